The molecule has 0 saturated carbocycles. The SMILES string of the molecule is O=C(Cc1ccccc1)NNC(=O)CN1C(=O)NC2(CCCc3ccccc32)C1=O. The van der Waals surface area contributed by atoms with Crippen molar-refractivity contribution in [3.8, 4) is 0 Å². The number of rotatable bonds is 4. The zero-order valence-electron chi connectivity index (χ0n) is 16.3. The molecule has 1 saturated heterocycles. The molecule has 4 rings (SSSR count). The van der Waals surface area contributed by atoms with Crippen LogP contribution in [0.4, 0.5) is 4.79 Å². The molecule has 8 heteroatoms. The monoisotopic (exact) mass is 406 g/mol. The largest absolute Gasteiger partial charge is 0.325 e. The first-order chi connectivity index (χ1) is 14.5. The van der Waals surface area contributed by atoms with Gasteiger partial charge in [-0.1, -0.05) is 54.6 Å². The van der Waals surface area contributed by atoms with Crippen molar-refractivity contribution in [2.75, 3.05) is 6.54 Å². The summed E-state index contributed by atoms with van der Waals surface area (Å²) < 4.78 is 0. The van der Waals surface area contributed by atoms with E-state index in [0.29, 0.717) is 6.42 Å². The second kappa shape index (κ2) is 7.98. The van der Waals surface area contributed by atoms with E-state index in [1.807, 2.05) is 42.5 Å². The van der Waals surface area contributed by atoms with Gasteiger partial charge in [0.2, 0.25) is 5.91 Å². The lowest BCUT2D eigenvalue weighted by atomic mass is 9.76. The number of carbonyl (C=O) groups is 4. The van der Waals surface area contributed by atoms with Crippen LogP contribution in [0.1, 0.15) is 29.5 Å². The highest BCUT2D eigenvalue weighted by Crippen LogP contribution is 2.39. The average Bonchev–Trinajstić information content (AvgIpc) is 2.98. The van der Waals surface area contributed by atoms with Crippen molar-refractivity contribution in [1.82, 2.24) is 21.1 Å². The molecule has 5 amide bonds. The van der Waals surface area contributed by atoms with Gasteiger partial charge in [-0.15, -0.1) is 0 Å². The molecule has 154 valence electrons. The number of urea groups is 1. The fraction of sp³-hybridized carbons (Fsp3) is 0.273. The summed E-state index contributed by atoms with van der Waals surface area (Å²) in [4.78, 5) is 50.8. The minimum Gasteiger partial charge on any atom is -0.319 e. The number of benzene rings is 2. The Morgan fingerprint density at radius 2 is 1.67 bits per heavy atom. The number of nitrogens with one attached hydrogen (secondary N) is 3. The van der Waals surface area contributed by atoms with Crippen LogP contribution in [0.5, 0.6) is 0 Å². The van der Waals surface area contributed by atoms with Gasteiger partial charge in [-0.3, -0.25) is 30.1 Å². The predicted molar refractivity (Wildman–Crippen MR) is 108 cm³/mol. The van der Waals surface area contributed by atoms with E-state index in [4.69, 9.17) is 0 Å². The molecule has 1 aliphatic carbocycles. The van der Waals surface area contributed by atoms with Crippen LogP contribution in [0.15, 0.2) is 54.6 Å². The van der Waals surface area contributed by atoms with E-state index in [2.05, 4.69) is 16.2 Å². The quantitative estimate of drug-likeness (QED) is 0.523. The first kappa shape index (κ1) is 19.6. The van der Waals surface area contributed by atoms with Crippen molar-refractivity contribution in [1.29, 1.82) is 0 Å². The van der Waals surface area contributed by atoms with Crippen molar-refractivity contribution < 1.29 is 19.2 Å². The van der Waals surface area contributed by atoms with Gasteiger partial charge in [-0.2, -0.15) is 0 Å². The third-order valence-corrected chi connectivity index (χ3v) is 5.50. The Kier molecular flexibility index (Phi) is 5.22. The number of amides is 5. The Morgan fingerprint density at radius 3 is 2.47 bits per heavy atom. The lowest BCUT2D eigenvalue weighted by Crippen LogP contribution is -2.49. The van der Waals surface area contributed by atoms with Gasteiger partial charge in [0.25, 0.3) is 11.8 Å². The normalized spacial score (nSPS) is 19.9. The molecule has 1 heterocycles. The number of nitrogens with zero attached hydrogens (tertiary/aromatic N) is 1. The highest BCUT2D eigenvalue weighted by atomic mass is 16.2. The molecule has 2 aromatic carbocycles. The van der Waals surface area contributed by atoms with Crippen LogP contribution in [0.3, 0.4) is 0 Å². The molecule has 1 spiro atoms. The molecule has 2 aliphatic rings. The molecule has 2 aromatic rings. The van der Waals surface area contributed by atoms with Crippen LogP contribution in [0, 0.1) is 0 Å². The first-order valence-electron chi connectivity index (χ1n) is 9.84. The molecule has 1 unspecified atom stereocenters. The second-order valence-electron chi connectivity index (χ2n) is 7.50. The Hall–Kier alpha value is -3.68. The minimum absolute atomic E-state index is 0.101. The fourth-order valence-electron chi connectivity index (χ4n) is 4.10. The Morgan fingerprint density at radius 1 is 0.967 bits per heavy atom. The average molecular weight is 406 g/mol. The Labute approximate surface area is 173 Å². The summed E-state index contributed by atoms with van der Waals surface area (Å²) in [5.41, 5.74) is 6.07. The van der Waals surface area contributed by atoms with Crippen LogP contribution in [0.2, 0.25) is 0 Å². The summed E-state index contributed by atoms with van der Waals surface area (Å²) in [6.45, 7) is -0.472. The predicted octanol–water partition coefficient (Wildman–Crippen LogP) is 1.16. The summed E-state index contributed by atoms with van der Waals surface area (Å²) in [7, 11) is 0. The maximum Gasteiger partial charge on any atom is 0.325 e. The van der Waals surface area contributed by atoms with Gasteiger partial charge in [0.05, 0.1) is 6.42 Å². The van der Waals surface area contributed by atoms with Crippen LogP contribution in [-0.2, 0) is 32.8 Å². The topological polar surface area (TPSA) is 108 Å². The van der Waals surface area contributed by atoms with Crippen molar-refractivity contribution >= 4 is 23.8 Å². The molecule has 1 atom stereocenters. The summed E-state index contributed by atoms with van der Waals surface area (Å²) in [5.74, 6) is -1.49. The first-order valence-corrected chi connectivity index (χ1v) is 9.84. The fourth-order valence-corrected chi connectivity index (χ4v) is 4.10. The number of hydrogen-bond donors (Lipinski definition) is 3. The zero-order valence-corrected chi connectivity index (χ0v) is 16.3. The molecule has 3 N–H and O–H groups in total. The summed E-state index contributed by atoms with van der Waals surface area (Å²) >= 11 is 0. The van der Waals surface area contributed by atoms with E-state index in [1.165, 1.54) is 0 Å². The smallest absolute Gasteiger partial charge is 0.319 e. The van der Waals surface area contributed by atoms with Crippen molar-refractivity contribution in [2.24, 2.45) is 0 Å². The molecule has 1 fully saturated rings. The molecule has 8 nitrogen and oxygen atoms in total. The van der Waals surface area contributed by atoms with Crippen molar-refractivity contribution in [3.63, 3.8) is 0 Å². The van der Waals surface area contributed by atoms with Gasteiger partial charge >= 0.3 is 6.03 Å². The van der Waals surface area contributed by atoms with E-state index >= 15 is 0 Å². The van der Waals surface area contributed by atoms with Crippen LogP contribution < -0.4 is 16.2 Å². The summed E-state index contributed by atoms with van der Waals surface area (Å²) in [5, 5.41) is 2.80. The maximum absolute atomic E-state index is 13.1. The number of imide groups is 1. The van der Waals surface area contributed by atoms with Gasteiger partial charge in [-0.05, 0) is 36.0 Å². The standard InChI is InChI=1S/C22H22N4O4/c27-18(13-15-7-2-1-3-8-15)24-25-19(28)14-26-20(29)22(23-21(26)30)12-6-10-16-9-4-5-11-17(16)22/h1-5,7-9,11H,6,10,12-14H2,(H,23,30)(H,24,27)(H,25,28). The van der Waals surface area contributed by atoms with Crippen LogP contribution in [-0.4, -0.2) is 35.2 Å². The Balaban J connectivity index is 1.38. The maximum atomic E-state index is 13.1. The molecule has 0 aromatic heterocycles. The molecule has 30 heavy (non-hydrogen) atoms. The van der Waals surface area contributed by atoms with Gasteiger partial charge in [0.15, 0.2) is 0 Å². The molecular formula is C22H22N4O4. The zero-order chi connectivity index (χ0) is 21.1. The van der Waals surface area contributed by atoms with Crippen LogP contribution in [0.25, 0.3) is 0 Å². The Bertz CT molecular complexity index is 1010. The minimum atomic E-state index is -1.12. The molecule has 0 bridgehead atoms. The molecule has 1 aliphatic heterocycles. The lowest BCUT2D eigenvalue weighted by molar-refractivity contribution is -0.136. The second-order valence-corrected chi connectivity index (χ2v) is 7.50. The molecule has 0 radical (unpaired) electrons. The number of fused-ring (bicyclic) bond motifs is 2. The number of hydrogen-bond acceptors (Lipinski definition) is 4. The van der Waals surface area contributed by atoms with E-state index in [0.717, 1.165) is 34.4 Å². The van der Waals surface area contributed by atoms with Crippen LogP contribution >= 0.6 is 0 Å². The van der Waals surface area contributed by atoms with Gasteiger partial charge in [0.1, 0.15) is 12.1 Å². The summed E-state index contributed by atoms with van der Waals surface area (Å²) in [6, 6.07) is 16.0. The highest BCUT2D eigenvalue weighted by Gasteiger charge is 2.54. The van der Waals surface area contributed by atoms with E-state index in [-0.39, 0.29) is 6.42 Å². The third kappa shape index (κ3) is 3.63. The molecular weight excluding hydrogens is 384 g/mol. The number of hydrazine groups is 1. The highest BCUT2D eigenvalue weighted by molar-refractivity contribution is 6.09. The van der Waals surface area contributed by atoms with Gasteiger partial charge < -0.3 is 5.32 Å². The van der Waals surface area contributed by atoms with Crippen molar-refractivity contribution in [3.05, 3.63) is 71.3 Å². The lowest BCUT2D eigenvalue weighted by Gasteiger charge is -2.33. The van der Waals surface area contributed by atoms with Gasteiger partial charge in [-0.25, -0.2) is 4.79 Å². The van der Waals surface area contributed by atoms with E-state index in [9.17, 15) is 19.2 Å². The number of aryl methyl sites for hydroxylation is 1. The van der Waals surface area contributed by atoms with Gasteiger partial charge in [0, 0.05) is 0 Å². The summed E-state index contributed by atoms with van der Waals surface area (Å²) in [6.07, 6.45) is 2.19. The third-order valence-electron chi connectivity index (χ3n) is 5.50. The van der Waals surface area contributed by atoms with Crippen molar-refractivity contribution in [2.45, 2.75) is 31.2 Å². The van der Waals surface area contributed by atoms with E-state index in [1.54, 1.807) is 12.1 Å². The number of carbonyl (C=O) groups excluding carboxylic acids is 4. The van der Waals surface area contributed by atoms with E-state index < -0.39 is 35.8 Å².